The number of anilines is 1. The van der Waals surface area contributed by atoms with E-state index in [2.05, 4.69) is 47.1 Å². The number of ether oxygens (including phenoxy) is 1. The minimum Gasteiger partial charge on any atom is -0.378 e. The molecule has 7 nitrogen and oxygen atoms in total. The van der Waals surface area contributed by atoms with E-state index in [0.717, 1.165) is 47.8 Å². The minimum absolute atomic E-state index is 0.350. The molecule has 2 aromatic heterocycles. The highest BCUT2D eigenvalue weighted by Gasteiger charge is 2.30. The highest BCUT2D eigenvalue weighted by Crippen LogP contribution is 2.29. The third-order valence-corrected chi connectivity index (χ3v) is 5.87. The molecule has 3 aliphatic rings. The largest absolute Gasteiger partial charge is 0.378 e. The Kier molecular flexibility index (Phi) is 5.74. The Morgan fingerprint density at radius 1 is 1.34 bits per heavy atom. The highest BCUT2D eigenvalue weighted by molar-refractivity contribution is 5.90. The van der Waals surface area contributed by atoms with Gasteiger partial charge in [-0.05, 0) is 50.4 Å². The van der Waals surface area contributed by atoms with Crippen LogP contribution in [0.25, 0.3) is 11.6 Å². The average molecular weight is 395 g/mol. The SMILES string of the molecule is CC(C)n1ccc(C2=Cc3c(C#N)c[nH]c3NC2)n1.CC1CCN(C2COC2)C1. The Bertz CT molecular complexity index is 914. The maximum atomic E-state index is 9.07. The number of fused-ring (bicyclic) bond motifs is 1. The quantitative estimate of drug-likeness (QED) is 0.834. The Hall–Kier alpha value is -2.56. The standard InChI is InChI=1S/C14H15N5.C8H15NO/c1-9(2)19-4-3-13(18-19)10-5-12-11(6-15)8-17-14(12)16-7-10;1-7-2-3-9(4-7)8-5-10-6-8/h3-5,8-9,16-17H,7H2,1-2H3;7-8H,2-6H2,1H3. The molecule has 5 rings (SSSR count). The number of hydrogen-bond donors (Lipinski definition) is 2. The van der Waals surface area contributed by atoms with Crippen molar-refractivity contribution >= 4 is 17.5 Å². The van der Waals surface area contributed by atoms with Crippen LogP contribution in [0.4, 0.5) is 5.82 Å². The fourth-order valence-electron chi connectivity index (χ4n) is 3.93. The van der Waals surface area contributed by atoms with Gasteiger partial charge in [0.05, 0.1) is 30.5 Å². The molecule has 0 bridgehead atoms. The van der Waals surface area contributed by atoms with Crippen molar-refractivity contribution in [3.63, 3.8) is 0 Å². The van der Waals surface area contributed by atoms with Crippen molar-refractivity contribution in [3.8, 4) is 6.07 Å². The van der Waals surface area contributed by atoms with Crippen LogP contribution in [0.5, 0.6) is 0 Å². The summed E-state index contributed by atoms with van der Waals surface area (Å²) < 4.78 is 7.08. The first-order chi connectivity index (χ1) is 14.0. The molecule has 0 saturated carbocycles. The van der Waals surface area contributed by atoms with Crippen molar-refractivity contribution in [2.75, 3.05) is 38.2 Å². The summed E-state index contributed by atoms with van der Waals surface area (Å²) in [4.78, 5) is 5.63. The van der Waals surface area contributed by atoms with Gasteiger partial charge >= 0.3 is 0 Å². The predicted molar refractivity (Wildman–Crippen MR) is 114 cm³/mol. The Morgan fingerprint density at radius 3 is 2.76 bits per heavy atom. The second kappa shape index (κ2) is 8.44. The number of rotatable bonds is 3. The van der Waals surface area contributed by atoms with Gasteiger partial charge in [0, 0.05) is 37.1 Å². The first kappa shape index (κ1) is 19.7. The van der Waals surface area contributed by atoms with Gasteiger partial charge in [0.15, 0.2) is 0 Å². The van der Waals surface area contributed by atoms with Crippen LogP contribution in [-0.4, -0.2) is 58.6 Å². The highest BCUT2D eigenvalue weighted by atomic mass is 16.5. The van der Waals surface area contributed by atoms with Gasteiger partial charge in [0.2, 0.25) is 0 Å². The number of nitrogens with one attached hydrogen (secondary N) is 2. The molecular formula is C22H30N6O. The smallest absolute Gasteiger partial charge is 0.112 e. The molecule has 2 N–H and O–H groups in total. The normalized spacial score (nSPS) is 21.5. The van der Waals surface area contributed by atoms with Crippen molar-refractivity contribution in [2.24, 2.45) is 5.92 Å². The van der Waals surface area contributed by atoms with Gasteiger partial charge in [-0.1, -0.05) is 6.92 Å². The van der Waals surface area contributed by atoms with Gasteiger partial charge in [0.25, 0.3) is 0 Å². The van der Waals surface area contributed by atoms with Crippen molar-refractivity contribution in [2.45, 2.75) is 39.3 Å². The summed E-state index contributed by atoms with van der Waals surface area (Å²) in [6.07, 6.45) is 7.13. The molecule has 154 valence electrons. The second-order valence-corrected chi connectivity index (χ2v) is 8.48. The summed E-state index contributed by atoms with van der Waals surface area (Å²) in [5.41, 5.74) is 3.63. The fraction of sp³-hybridized carbons (Fsp3) is 0.545. The second-order valence-electron chi connectivity index (χ2n) is 8.48. The Morgan fingerprint density at radius 2 is 2.17 bits per heavy atom. The maximum absolute atomic E-state index is 9.07. The molecule has 1 atom stereocenters. The number of aromatic amines is 1. The molecule has 0 spiro atoms. The molecule has 2 aromatic rings. The van der Waals surface area contributed by atoms with E-state index in [9.17, 15) is 0 Å². The summed E-state index contributed by atoms with van der Waals surface area (Å²) in [5.74, 6) is 1.82. The molecule has 0 aliphatic carbocycles. The Balaban J connectivity index is 0.000000171. The molecule has 2 saturated heterocycles. The number of hydrogen-bond acceptors (Lipinski definition) is 5. The third kappa shape index (κ3) is 4.24. The molecule has 0 aromatic carbocycles. The van der Waals surface area contributed by atoms with Crippen LogP contribution in [-0.2, 0) is 4.74 Å². The van der Waals surface area contributed by atoms with Gasteiger partial charge in [-0.15, -0.1) is 0 Å². The van der Waals surface area contributed by atoms with E-state index < -0.39 is 0 Å². The molecule has 29 heavy (non-hydrogen) atoms. The lowest BCUT2D eigenvalue weighted by atomic mass is 10.0. The van der Waals surface area contributed by atoms with Crippen LogP contribution in [0.3, 0.4) is 0 Å². The lowest BCUT2D eigenvalue weighted by Gasteiger charge is -2.34. The van der Waals surface area contributed by atoms with Gasteiger partial charge in [-0.2, -0.15) is 10.4 Å². The number of H-pyrrole nitrogens is 1. The number of nitrogens with zero attached hydrogens (tertiary/aromatic N) is 4. The van der Waals surface area contributed by atoms with Crippen LogP contribution in [0, 0.1) is 17.2 Å². The first-order valence-electron chi connectivity index (χ1n) is 10.5. The summed E-state index contributed by atoms with van der Waals surface area (Å²) >= 11 is 0. The molecule has 1 unspecified atom stereocenters. The molecule has 2 fully saturated rings. The van der Waals surface area contributed by atoms with Crippen molar-refractivity contribution in [1.29, 1.82) is 5.26 Å². The average Bonchev–Trinajstić information content (AvgIpc) is 3.39. The van der Waals surface area contributed by atoms with E-state index >= 15 is 0 Å². The number of nitriles is 1. The van der Waals surface area contributed by atoms with E-state index in [1.807, 2.05) is 23.0 Å². The zero-order valence-corrected chi connectivity index (χ0v) is 17.5. The first-order valence-corrected chi connectivity index (χ1v) is 10.5. The van der Waals surface area contributed by atoms with Crippen LogP contribution in [0.1, 0.15) is 50.1 Å². The number of aromatic nitrogens is 3. The van der Waals surface area contributed by atoms with Crippen molar-refractivity contribution in [3.05, 3.63) is 35.3 Å². The van der Waals surface area contributed by atoms with Crippen LogP contribution in [0.2, 0.25) is 0 Å². The Labute approximate surface area is 172 Å². The monoisotopic (exact) mass is 394 g/mol. The molecular weight excluding hydrogens is 364 g/mol. The topological polar surface area (TPSA) is 81.9 Å². The van der Waals surface area contributed by atoms with E-state index in [-0.39, 0.29) is 0 Å². The van der Waals surface area contributed by atoms with Crippen molar-refractivity contribution in [1.82, 2.24) is 19.7 Å². The van der Waals surface area contributed by atoms with Gasteiger partial charge in [-0.3, -0.25) is 9.58 Å². The lowest BCUT2D eigenvalue weighted by molar-refractivity contribution is -0.0578. The summed E-state index contributed by atoms with van der Waals surface area (Å²) in [7, 11) is 0. The van der Waals surface area contributed by atoms with Gasteiger partial charge < -0.3 is 15.0 Å². The molecule has 0 amide bonds. The lowest BCUT2D eigenvalue weighted by Crippen LogP contribution is -2.47. The summed E-state index contributed by atoms with van der Waals surface area (Å²) in [6.45, 7) is 11.8. The summed E-state index contributed by atoms with van der Waals surface area (Å²) in [6, 6.07) is 5.32. The number of likely N-dealkylation sites (tertiary alicyclic amines) is 1. The molecule has 5 heterocycles. The maximum Gasteiger partial charge on any atom is 0.112 e. The molecule has 3 aliphatic heterocycles. The van der Waals surface area contributed by atoms with Crippen molar-refractivity contribution < 1.29 is 4.74 Å². The third-order valence-electron chi connectivity index (χ3n) is 5.87. The zero-order valence-electron chi connectivity index (χ0n) is 17.5. The van der Waals surface area contributed by atoms with E-state index in [1.54, 1.807) is 6.20 Å². The molecule has 0 radical (unpaired) electrons. The predicted octanol–water partition coefficient (Wildman–Crippen LogP) is 3.36. The van der Waals surface area contributed by atoms with E-state index in [4.69, 9.17) is 10.00 Å². The van der Waals surface area contributed by atoms with E-state index in [0.29, 0.717) is 18.2 Å². The minimum atomic E-state index is 0.350. The van der Waals surface area contributed by atoms with Crippen LogP contribution < -0.4 is 5.32 Å². The van der Waals surface area contributed by atoms with Crippen LogP contribution >= 0.6 is 0 Å². The zero-order chi connectivity index (χ0) is 20.4. The van der Waals surface area contributed by atoms with E-state index in [1.165, 1.54) is 19.5 Å². The van der Waals surface area contributed by atoms with Gasteiger partial charge in [-0.25, -0.2) is 0 Å². The molecule has 7 heteroatoms. The van der Waals surface area contributed by atoms with Gasteiger partial charge in [0.1, 0.15) is 11.9 Å². The van der Waals surface area contributed by atoms with Crippen LogP contribution in [0.15, 0.2) is 18.5 Å². The summed E-state index contributed by atoms with van der Waals surface area (Å²) in [5, 5.41) is 16.9. The fourth-order valence-corrected chi connectivity index (χ4v) is 3.93.